The molecule has 1 heterocycles. The molecule has 0 unspecified atom stereocenters. The summed E-state index contributed by atoms with van der Waals surface area (Å²) in [6.07, 6.45) is 1.20. The summed E-state index contributed by atoms with van der Waals surface area (Å²) < 4.78 is 37.4. The first kappa shape index (κ1) is 20.6. The molecule has 1 aliphatic rings. The third-order valence-corrected chi connectivity index (χ3v) is 6.50. The average Bonchev–Trinajstić information content (AvgIpc) is 2.85. The second-order valence-electron chi connectivity index (χ2n) is 6.45. The number of phenols is 1. The van der Waals surface area contributed by atoms with Crippen molar-refractivity contribution in [2.45, 2.75) is 31.1 Å². The van der Waals surface area contributed by atoms with Gasteiger partial charge in [0.25, 0.3) is 0 Å². The summed E-state index contributed by atoms with van der Waals surface area (Å²) in [5.41, 5.74) is 1.79. The molecule has 2 atom stereocenters. The Kier molecular flexibility index (Phi) is 6.57. The Balaban J connectivity index is 2.10. The molecule has 6 nitrogen and oxygen atoms in total. The first-order valence-electron chi connectivity index (χ1n) is 8.18. The highest BCUT2D eigenvalue weighted by molar-refractivity contribution is 7.92. The number of halogens is 1. The summed E-state index contributed by atoms with van der Waals surface area (Å²) >= 11 is 0. The lowest BCUT2D eigenvalue weighted by molar-refractivity contribution is 0.186. The predicted octanol–water partition coefficient (Wildman–Crippen LogP) is 1.15. The molecular formula is C18H23FO6S. The van der Waals surface area contributed by atoms with Crippen LogP contribution in [-0.4, -0.2) is 59.2 Å². The molecule has 1 aliphatic heterocycles. The first-order valence-corrected chi connectivity index (χ1v) is 9.90. The maximum absolute atomic E-state index is 13.4. The van der Waals surface area contributed by atoms with Crippen molar-refractivity contribution in [3.63, 3.8) is 0 Å². The SMILES string of the molecule is C/C(=C\c1ccc(O)c(F)c1)CC[C@@H](O)C1=C(CO)CS(=O)(=O)[C@H]1CO. The van der Waals surface area contributed by atoms with E-state index >= 15 is 0 Å². The molecular weight excluding hydrogens is 363 g/mol. The van der Waals surface area contributed by atoms with Gasteiger partial charge < -0.3 is 20.4 Å². The smallest absolute Gasteiger partial charge is 0.165 e. The maximum Gasteiger partial charge on any atom is 0.165 e. The van der Waals surface area contributed by atoms with Gasteiger partial charge >= 0.3 is 0 Å². The van der Waals surface area contributed by atoms with E-state index in [1.165, 1.54) is 12.1 Å². The largest absolute Gasteiger partial charge is 0.505 e. The molecule has 0 aliphatic carbocycles. The van der Waals surface area contributed by atoms with Gasteiger partial charge in [0.2, 0.25) is 0 Å². The number of phenolic OH excluding ortho intramolecular Hbond substituents is 1. The van der Waals surface area contributed by atoms with E-state index in [9.17, 15) is 33.2 Å². The van der Waals surface area contributed by atoms with Crippen LogP contribution in [0.2, 0.25) is 0 Å². The van der Waals surface area contributed by atoms with Crippen molar-refractivity contribution >= 4 is 15.9 Å². The minimum atomic E-state index is -3.61. The van der Waals surface area contributed by atoms with E-state index in [-0.39, 0.29) is 23.3 Å². The van der Waals surface area contributed by atoms with Gasteiger partial charge in [0.05, 0.1) is 25.1 Å². The van der Waals surface area contributed by atoms with Gasteiger partial charge in [-0.2, -0.15) is 0 Å². The molecule has 0 saturated heterocycles. The first-order chi connectivity index (χ1) is 12.2. The highest BCUT2D eigenvalue weighted by Gasteiger charge is 2.40. The number of allylic oxidation sites excluding steroid dienone is 1. The molecule has 0 bridgehead atoms. The molecule has 8 heteroatoms. The highest BCUT2D eigenvalue weighted by Crippen LogP contribution is 2.31. The van der Waals surface area contributed by atoms with E-state index in [0.717, 1.165) is 5.57 Å². The van der Waals surface area contributed by atoms with Gasteiger partial charge in [-0.1, -0.05) is 17.7 Å². The Morgan fingerprint density at radius 3 is 2.65 bits per heavy atom. The number of hydrogen-bond acceptors (Lipinski definition) is 6. The molecule has 0 amide bonds. The summed E-state index contributed by atoms with van der Waals surface area (Å²) in [7, 11) is -3.61. The van der Waals surface area contributed by atoms with Crippen molar-refractivity contribution in [3.05, 3.63) is 46.3 Å². The number of sulfone groups is 1. The van der Waals surface area contributed by atoms with Crippen LogP contribution in [0, 0.1) is 5.82 Å². The van der Waals surface area contributed by atoms with Crippen molar-refractivity contribution in [2.24, 2.45) is 0 Å². The van der Waals surface area contributed by atoms with Gasteiger partial charge in [-0.15, -0.1) is 0 Å². The second-order valence-corrected chi connectivity index (χ2v) is 8.63. The molecule has 0 aromatic heterocycles. The normalized spacial score (nSPS) is 21.3. The van der Waals surface area contributed by atoms with Crippen LogP contribution in [0.4, 0.5) is 4.39 Å². The van der Waals surface area contributed by atoms with E-state index in [4.69, 9.17) is 0 Å². The Bertz CT molecular complexity index is 828. The summed E-state index contributed by atoms with van der Waals surface area (Å²) in [6.45, 7) is 0.664. The molecule has 0 fully saturated rings. The molecule has 2 rings (SSSR count). The average molecular weight is 386 g/mol. The van der Waals surface area contributed by atoms with Gasteiger partial charge in [-0.05, 0) is 48.6 Å². The maximum atomic E-state index is 13.4. The van der Waals surface area contributed by atoms with Crippen LogP contribution in [0.15, 0.2) is 34.9 Å². The Hall–Kier alpha value is -1.74. The van der Waals surface area contributed by atoms with E-state index in [1.807, 2.05) is 0 Å². The molecule has 0 saturated carbocycles. The molecule has 4 N–H and O–H groups in total. The molecule has 0 spiro atoms. The van der Waals surface area contributed by atoms with E-state index in [2.05, 4.69) is 0 Å². The fourth-order valence-corrected chi connectivity index (χ4v) is 5.02. The highest BCUT2D eigenvalue weighted by atomic mass is 32.2. The van der Waals surface area contributed by atoms with Crippen LogP contribution in [0.1, 0.15) is 25.3 Å². The van der Waals surface area contributed by atoms with Crippen molar-refractivity contribution in [1.29, 1.82) is 0 Å². The number of aliphatic hydroxyl groups is 3. The lowest BCUT2D eigenvalue weighted by Gasteiger charge is -2.19. The van der Waals surface area contributed by atoms with Crippen LogP contribution in [0.3, 0.4) is 0 Å². The molecule has 144 valence electrons. The van der Waals surface area contributed by atoms with Crippen LogP contribution in [0.5, 0.6) is 5.75 Å². The topological polar surface area (TPSA) is 115 Å². The van der Waals surface area contributed by atoms with Crippen molar-refractivity contribution < 1.29 is 33.2 Å². The minimum Gasteiger partial charge on any atom is -0.505 e. The number of benzene rings is 1. The van der Waals surface area contributed by atoms with Gasteiger partial charge in [0.1, 0.15) is 5.25 Å². The number of aromatic hydroxyl groups is 1. The van der Waals surface area contributed by atoms with Gasteiger partial charge in [0, 0.05) is 0 Å². The monoisotopic (exact) mass is 386 g/mol. The third-order valence-electron chi connectivity index (χ3n) is 4.48. The van der Waals surface area contributed by atoms with E-state index in [0.29, 0.717) is 12.0 Å². The van der Waals surface area contributed by atoms with Gasteiger partial charge in [-0.3, -0.25) is 0 Å². The Morgan fingerprint density at radius 1 is 1.38 bits per heavy atom. The predicted molar refractivity (Wildman–Crippen MR) is 95.7 cm³/mol. The fraction of sp³-hybridized carbons (Fsp3) is 0.444. The van der Waals surface area contributed by atoms with Crippen molar-refractivity contribution in [3.8, 4) is 5.75 Å². The summed E-state index contributed by atoms with van der Waals surface area (Å²) in [6, 6.07) is 3.99. The molecule has 1 aromatic carbocycles. The molecule has 26 heavy (non-hydrogen) atoms. The van der Waals surface area contributed by atoms with Crippen molar-refractivity contribution in [1.82, 2.24) is 0 Å². The Labute approximate surface area is 151 Å². The van der Waals surface area contributed by atoms with Crippen LogP contribution < -0.4 is 0 Å². The Morgan fingerprint density at radius 2 is 2.08 bits per heavy atom. The number of aliphatic hydroxyl groups excluding tert-OH is 3. The molecule has 0 radical (unpaired) electrons. The quantitative estimate of drug-likeness (QED) is 0.523. The minimum absolute atomic E-state index is 0.179. The van der Waals surface area contributed by atoms with Gasteiger partial charge in [0.15, 0.2) is 21.4 Å². The van der Waals surface area contributed by atoms with Crippen LogP contribution in [-0.2, 0) is 9.84 Å². The van der Waals surface area contributed by atoms with Gasteiger partial charge in [-0.25, -0.2) is 12.8 Å². The number of rotatable bonds is 7. The van der Waals surface area contributed by atoms with Crippen LogP contribution in [0.25, 0.3) is 6.08 Å². The third kappa shape index (κ3) is 4.50. The van der Waals surface area contributed by atoms with E-state index < -0.39 is 46.0 Å². The summed E-state index contributed by atoms with van der Waals surface area (Å²) in [4.78, 5) is 0. The lowest BCUT2D eigenvalue weighted by Crippen LogP contribution is -2.29. The van der Waals surface area contributed by atoms with E-state index in [1.54, 1.807) is 19.1 Å². The molecule has 1 aromatic rings. The number of hydrogen-bond donors (Lipinski definition) is 4. The zero-order valence-electron chi connectivity index (χ0n) is 14.4. The fourth-order valence-electron chi connectivity index (χ4n) is 3.14. The van der Waals surface area contributed by atoms with Crippen LogP contribution >= 0.6 is 0 Å². The van der Waals surface area contributed by atoms with Crippen molar-refractivity contribution in [2.75, 3.05) is 19.0 Å². The summed E-state index contributed by atoms with van der Waals surface area (Å²) in [5, 5.41) is 37.2. The zero-order valence-corrected chi connectivity index (χ0v) is 15.2. The zero-order chi connectivity index (χ0) is 19.5. The summed E-state index contributed by atoms with van der Waals surface area (Å²) in [5.74, 6) is -1.52. The standard InChI is InChI=1S/C18H23FO6S/c1-11(6-12-3-5-15(22)14(19)7-12)2-4-16(23)18-13(8-20)10-26(24,25)17(18)9-21/h3,5-7,16-17,20-23H,2,4,8-10H2,1H3/b11-6+/t16-,17+/m1/s1. The lowest BCUT2D eigenvalue weighted by atomic mass is 9.95. The second kappa shape index (κ2) is 8.30.